The lowest BCUT2D eigenvalue weighted by molar-refractivity contribution is -0.144. The zero-order valence-corrected chi connectivity index (χ0v) is 58.4. The number of carbonyl (C=O) groups is 12. The first-order valence-electron chi connectivity index (χ1n) is 32.2. The highest BCUT2D eigenvalue weighted by atomic mass is 32.2. The monoisotopic (exact) mass is 1370 g/mol. The summed E-state index contributed by atoms with van der Waals surface area (Å²) in [6.45, 7) is 17.9. The quantitative estimate of drug-likeness (QED) is 0.0182. The van der Waals surface area contributed by atoms with Crippen molar-refractivity contribution in [1.29, 1.82) is 0 Å². The van der Waals surface area contributed by atoms with Gasteiger partial charge in [-0.2, -0.15) is 24.4 Å². The van der Waals surface area contributed by atoms with Gasteiger partial charge in [0.05, 0.1) is 12.5 Å². The van der Waals surface area contributed by atoms with E-state index >= 15 is 0 Å². The number of thiol groups is 1. The zero-order valence-electron chi connectivity index (χ0n) is 56.7. The number of benzene rings is 2. The molecule has 0 aliphatic rings. The molecule has 0 radical (unpaired) electrons. The molecule has 12 atom stereocenters. The van der Waals surface area contributed by atoms with Crippen LogP contribution in [0.1, 0.15) is 132 Å². The van der Waals surface area contributed by atoms with E-state index in [1.807, 2.05) is 47.8 Å². The first-order valence-corrected chi connectivity index (χ1v) is 34.3. The second-order valence-electron chi connectivity index (χ2n) is 25.4. The molecule has 2 aromatic carbocycles. The van der Waals surface area contributed by atoms with E-state index in [-0.39, 0.29) is 81.0 Å². The highest BCUT2D eigenvalue weighted by Gasteiger charge is 2.38. The minimum Gasteiger partial charge on any atom is -0.480 e. The van der Waals surface area contributed by atoms with E-state index in [2.05, 4.69) is 70.8 Å². The Hall–Kier alpha value is -7.99. The molecule has 530 valence electrons. The Balaban J connectivity index is 2.49. The molecule has 0 saturated carbocycles. The number of aliphatic imine (C=N–C) groups is 1. The van der Waals surface area contributed by atoms with Gasteiger partial charge in [-0.1, -0.05) is 136 Å². The normalized spacial score (nSPS) is 15.1. The highest BCUT2D eigenvalue weighted by molar-refractivity contribution is 7.98. The average Bonchev–Trinajstić information content (AvgIpc) is 0.930. The number of thioether (sulfide) groups is 1. The number of carboxylic acids is 1. The third-order valence-electron chi connectivity index (χ3n) is 15.3. The van der Waals surface area contributed by atoms with E-state index in [0.29, 0.717) is 29.7 Å². The average molecular weight is 1370 g/mol. The Labute approximate surface area is 568 Å². The van der Waals surface area contributed by atoms with E-state index in [1.54, 1.807) is 88.4 Å². The molecule has 0 aromatic heterocycles. The third kappa shape index (κ3) is 31.4. The molecule has 11 amide bonds. The molecule has 28 nitrogen and oxygen atoms in total. The van der Waals surface area contributed by atoms with Gasteiger partial charge in [-0.05, 0) is 91.2 Å². The summed E-state index contributed by atoms with van der Waals surface area (Å²) in [5.74, 6) is -11.8. The summed E-state index contributed by atoms with van der Waals surface area (Å²) in [7, 11) is 0. The third-order valence-corrected chi connectivity index (χ3v) is 16.3. The second kappa shape index (κ2) is 43.2. The maximum absolute atomic E-state index is 14.7. The number of nitrogens with one attached hydrogen (secondary N) is 10. The number of primary amides is 1. The molecule has 0 aliphatic carbocycles. The van der Waals surface area contributed by atoms with E-state index in [4.69, 9.17) is 22.9 Å². The lowest BCUT2D eigenvalue weighted by atomic mass is 9.96. The summed E-state index contributed by atoms with van der Waals surface area (Å²) in [5.41, 5.74) is 23.6. The molecule has 2 rings (SSSR count). The summed E-state index contributed by atoms with van der Waals surface area (Å²) < 4.78 is 0. The highest BCUT2D eigenvalue weighted by Crippen LogP contribution is 2.16. The van der Waals surface area contributed by atoms with E-state index in [0.717, 1.165) is 0 Å². The Morgan fingerprint density at radius 1 is 0.484 bits per heavy atom. The molecular formula is C65H105N15O13S2. The van der Waals surface area contributed by atoms with Crippen LogP contribution < -0.4 is 76.1 Å². The largest absolute Gasteiger partial charge is 0.480 e. The molecule has 95 heavy (non-hydrogen) atoms. The molecular weight excluding hydrogens is 1260 g/mol. The summed E-state index contributed by atoms with van der Waals surface area (Å²) in [6, 6.07) is 2.90. The Morgan fingerprint density at radius 3 is 1.26 bits per heavy atom. The Morgan fingerprint density at radius 2 is 0.853 bits per heavy atom. The maximum Gasteiger partial charge on any atom is 0.326 e. The number of amides is 11. The number of aliphatic carboxylic acids is 1. The summed E-state index contributed by atoms with van der Waals surface area (Å²) in [4.78, 5) is 170. The number of rotatable bonds is 44. The van der Waals surface area contributed by atoms with E-state index in [1.165, 1.54) is 11.8 Å². The van der Waals surface area contributed by atoms with Gasteiger partial charge in [0.2, 0.25) is 65.0 Å². The smallest absolute Gasteiger partial charge is 0.326 e. The predicted molar refractivity (Wildman–Crippen MR) is 368 cm³/mol. The standard InChI is InChI=1S/C65H105N15O13S2/c1-12-39(10)53(63(91)77-49(64(92)93)33-51(67)81)80-60(88)48(32-41-22-17-14-18-23-41)75-61(89)50(34-94)78-58(86)47(31-40-20-15-13-16-21-40)74-57(85)45(29-36(4)5)76-62(90)52(38(8)9)79-59(87)46(30-37(6)7)73-56(84)44(28-35(2)3)72-55(83)43(24-19-26-70-65(68)69)71-54(82)42(66)25-27-95-11/h13-18,20-23,35-39,42-50,52-53,94H,12,19,24-34,66H2,1-11H3,(H2,67,81)(H,71,82)(H,72,83)(H,73,84)(H,74,85)(H,75,89)(H,76,90)(H,77,91)(H,78,86)(H,79,87)(H,80,88)(H,92,93)(H4,68,69,70)/t39-,42-,43-,44-,45-,46-,47-,48-,49-,50-,52-,53-/m0/s1. The summed E-state index contributed by atoms with van der Waals surface area (Å²) in [5, 5.41) is 36.6. The first kappa shape index (κ1) is 83.1. The number of hydrogen-bond donors (Lipinski definition) is 16. The van der Waals surface area contributed by atoms with Crippen LogP contribution in [-0.2, 0) is 70.4 Å². The van der Waals surface area contributed by atoms with Crippen LogP contribution in [0.4, 0.5) is 0 Å². The summed E-state index contributed by atoms with van der Waals surface area (Å²) in [6.07, 6.45) is 2.28. The van der Waals surface area contributed by atoms with Crippen molar-refractivity contribution in [2.45, 2.75) is 200 Å². The predicted octanol–water partition coefficient (Wildman–Crippen LogP) is 0.184. The van der Waals surface area contributed by atoms with Crippen molar-refractivity contribution in [3.8, 4) is 0 Å². The van der Waals surface area contributed by atoms with E-state index in [9.17, 15) is 62.6 Å². The molecule has 30 heteroatoms. The fourth-order valence-corrected chi connectivity index (χ4v) is 10.6. The lowest BCUT2D eigenvalue weighted by Crippen LogP contribution is -2.62. The Bertz CT molecular complexity index is 2870. The molecule has 0 aliphatic heterocycles. The molecule has 2 aromatic rings. The zero-order chi connectivity index (χ0) is 71.6. The SMILES string of the molecule is CC[C@H](C)[C@H](NC(=O)[C@H](Cc1ccccc1)NC(=O)[C@H](CS)NC(=O)[C@H](Cc1ccccc1)NC(=O)[C@H](CC(C)C)NC(=O)[C@@H](NC(=O)[C@H](CC(C)C)NC(=O)[C@H](CC(C)C)NC(=O)[C@H](CCCN=C(N)N)NC(=O)[C@@H](N)CCSC)C(C)C)C(=O)N[C@@H](CC(N)=O)C(=O)O. The van der Waals surface area contributed by atoms with Crippen LogP contribution in [-0.4, -0.2) is 173 Å². The second-order valence-corrected chi connectivity index (χ2v) is 26.7. The van der Waals surface area contributed by atoms with Crippen LogP contribution in [0.5, 0.6) is 0 Å². The fourth-order valence-electron chi connectivity index (χ4n) is 9.88. The summed E-state index contributed by atoms with van der Waals surface area (Å²) >= 11 is 5.90. The van der Waals surface area contributed by atoms with Gasteiger partial charge < -0.3 is 81.2 Å². The van der Waals surface area contributed by atoms with Crippen molar-refractivity contribution >= 4 is 101 Å². The van der Waals surface area contributed by atoms with Crippen LogP contribution in [0.3, 0.4) is 0 Å². The van der Waals surface area contributed by atoms with Crippen LogP contribution in [0.15, 0.2) is 65.7 Å². The van der Waals surface area contributed by atoms with Crippen molar-refractivity contribution in [3.05, 3.63) is 71.8 Å². The van der Waals surface area contributed by atoms with Gasteiger partial charge in [-0.3, -0.25) is 57.7 Å². The van der Waals surface area contributed by atoms with Gasteiger partial charge in [0.15, 0.2) is 5.96 Å². The van der Waals surface area contributed by atoms with Gasteiger partial charge in [-0.15, -0.1) is 0 Å². The number of nitrogens with two attached hydrogens (primary N) is 4. The lowest BCUT2D eigenvalue weighted by Gasteiger charge is -2.30. The van der Waals surface area contributed by atoms with Gasteiger partial charge >= 0.3 is 5.97 Å². The number of nitrogens with zero attached hydrogens (tertiary/aromatic N) is 1. The molecule has 0 unspecified atom stereocenters. The topological polar surface area (TPSA) is 462 Å². The van der Waals surface area contributed by atoms with Gasteiger partial charge in [0, 0.05) is 25.1 Å². The first-order chi connectivity index (χ1) is 44.7. The van der Waals surface area contributed by atoms with Gasteiger partial charge in [-0.25, -0.2) is 4.79 Å². The van der Waals surface area contributed by atoms with Crippen LogP contribution >= 0.6 is 24.4 Å². The molecule has 0 saturated heterocycles. The van der Waals surface area contributed by atoms with Crippen LogP contribution in [0, 0.1) is 29.6 Å². The molecule has 0 bridgehead atoms. The molecule has 0 heterocycles. The number of guanidine groups is 1. The minimum absolute atomic E-state index is 0.0518. The van der Waals surface area contributed by atoms with Crippen molar-refractivity contribution in [2.24, 2.45) is 57.5 Å². The van der Waals surface area contributed by atoms with E-state index < -0.39 is 156 Å². The van der Waals surface area contributed by atoms with Crippen molar-refractivity contribution in [1.82, 2.24) is 53.2 Å². The number of hydrogen-bond acceptors (Lipinski definition) is 16. The van der Waals surface area contributed by atoms with Crippen molar-refractivity contribution in [3.63, 3.8) is 0 Å². The van der Waals surface area contributed by atoms with Crippen molar-refractivity contribution in [2.75, 3.05) is 24.3 Å². The van der Waals surface area contributed by atoms with Crippen LogP contribution in [0.25, 0.3) is 0 Å². The Kier molecular flexibility index (Phi) is 37.8. The fraction of sp³-hybridized carbons (Fsp3) is 0.615. The van der Waals surface area contributed by atoms with Crippen molar-refractivity contribution < 1.29 is 62.6 Å². The molecule has 0 spiro atoms. The maximum atomic E-state index is 14.7. The minimum atomic E-state index is -1.70. The van der Waals surface area contributed by atoms with Crippen LogP contribution in [0.2, 0.25) is 0 Å². The number of carboxylic acid groups (broad SMARTS) is 1. The van der Waals surface area contributed by atoms with Gasteiger partial charge in [0.1, 0.15) is 60.4 Å². The number of carbonyl (C=O) groups excluding carboxylic acids is 11. The molecule has 0 fully saturated rings. The molecule has 19 N–H and O–H groups in total. The van der Waals surface area contributed by atoms with Gasteiger partial charge in [0.25, 0.3) is 0 Å².